The molecule has 0 bridgehead atoms. The maximum absolute atomic E-state index is 11.9. The largest absolute Gasteiger partial charge is 0.326 e. The number of aryl methyl sites for hydroxylation is 1. The zero-order valence-electron chi connectivity index (χ0n) is 12.7. The van der Waals surface area contributed by atoms with Crippen LogP contribution in [0.5, 0.6) is 0 Å². The molecule has 0 aromatic heterocycles. The molecule has 0 saturated carbocycles. The van der Waals surface area contributed by atoms with E-state index < -0.39 is 0 Å². The van der Waals surface area contributed by atoms with Gasteiger partial charge >= 0.3 is 0 Å². The second-order valence-electron chi connectivity index (χ2n) is 5.25. The summed E-state index contributed by atoms with van der Waals surface area (Å²) in [5.41, 5.74) is 3.29. The topological polar surface area (TPSA) is 41.1 Å². The summed E-state index contributed by atoms with van der Waals surface area (Å²) in [5.74, 6) is 0.0305. The van der Waals surface area contributed by atoms with Crippen molar-refractivity contribution in [3.8, 4) is 0 Å². The standard InChI is InChI=1S/C18H21BrN2O/c1-14-7-8-16(13-17(14)19)21-18(22)10-12-20-11-9-15-5-3-2-4-6-15/h2-8,13,20H,9-12H2,1H3,(H,21,22). The molecule has 0 atom stereocenters. The SMILES string of the molecule is Cc1ccc(NC(=O)CCNCCc2ccccc2)cc1Br. The monoisotopic (exact) mass is 360 g/mol. The van der Waals surface area contributed by atoms with Gasteiger partial charge in [-0.3, -0.25) is 4.79 Å². The quantitative estimate of drug-likeness (QED) is 0.734. The van der Waals surface area contributed by atoms with Gasteiger partial charge in [-0.2, -0.15) is 0 Å². The molecule has 3 nitrogen and oxygen atoms in total. The summed E-state index contributed by atoms with van der Waals surface area (Å²) in [6.45, 7) is 3.59. The van der Waals surface area contributed by atoms with Crippen molar-refractivity contribution < 1.29 is 4.79 Å². The van der Waals surface area contributed by atoms with E-state index in [-0.39, 0.29) is 5.91 Å². The van der Waals surface area contributed by atoms with Gasteiger partial charge in [-0.25, -0.2) is 0 Å². The van der Waals surface area contributed by atoms with Crippen molar-refractivity contribution in [2.75, 3.05) is 18.4 Å². The molecule has 22 heavy (non-hydrogen) atoms. The van der Waals surface area contributed by atoms with Crippen LogP contribution < -0.4 is 10.6 Å². The molecular formula is C18H21BrN2O. The first kappa shape index (κ1) is 16.7. The summed E-state index contributed by atoms with van der Waals surface area (Å²) in [6, 6.07) is 16.2. The van der Waals surface area contributed by atoms with E-state index in [4.69, 9.17) is 0 Å². The highest BCUT2D eigenvalue weighted by Gasteiger charge is 2.03. The number of rotatable bonds is 7. The van der Waals surface area contributed by atoms with Gasteiger partial charge in [-0.05, 0) is 43.1 Å². The number of halogens is 1. The molecule has 0 aliphatic rings. The Labute approximate surface area is 140 Å². The minimum atomic E-state index is 0.0305. The maximum Gasteiger partial charge on any atom is 0.225 e. The summed E-state index contributed by atoms with van der Waals surface area (Å²) in [6.07, 6.45) is 1.45. The zero-order valence-corrected chi connectivity index (χ0v) is 14.3. The van der Waals surface area contributed by atoms with E-state index in [1.807, 2.05) is 43.3 Å². The summed E-state index contributed by atoms with van der Waals surface area (Å²) in [4.78, 5) is 11.9. The molecular weight excluding hydrogens is 340 g/mol. The number of amides is 1. The molecule has 0 spiro atoms. The van der Waals surface area contributed by atoms with Gasteiger partial charge in [0.05, 0.1) is 0 Å². The van der Waals surface area contributed by atoms with Crippen LogP contribution in [-0.2, 0) is 11.2 Å². The second-order valence-corrected chi connectivity index (χ2v) is 6.10. The molecule has 2 N–H and O–H groups in total. The Balaban J connectivity index is 1.64. The lowest BCUT2D eigenvalue weighted by atomic mass is 10.1. The van der Waals surface area contributed by atoms with Crippen LogP contribution in [0, 0.1) is 6.92 Å². The molecule has 0 radical (unpaired) electrons. The minimum absolute atomic E-state index is 0.0305. The van der Waals surface area contributed by atoms with Crippen LogP contribution in [0.2, 0.25) is 0 Å². The normalized spacial score (nSPS) is 10.5. The molecule has 4 heteroatoms. The van der Waals surface area contributed by atoms with Crippen LogP contribution in [0.1, 0.15) is 17.5 Å². The van der Waals surface area contributed by atoms with E-state index in [0.717, 1.165) is 28.7 Å². The third kappa shape index (κ3) is 5.62. The summed E-state index contributed by atoms with van der Waals surface area (Å²) in [5, 5.41) is 6.21. The molecule has 0 unspecified atom stereocenters. The third-order valence-corrected chi connectivity index (χ3v) is 4.27. The summed E-state index contributed by atoms with van der Waals surface area (Å²) in [7, 11) is 0. The van der Waals surface area contributed by atoms with Gasteiger partial charge in [0, 0.05) is 23.1 Å². The zero-order chi connectivity index (χ0) is 15.8. The minimum Gasteiger partial charge on any atom is -0.326 e. The number of nitrogens with one attached hydrogen (secondary N) is 2. The van der Waals surface area contributed by atoms with Gasteiger partial charge in [0.2, 0.25) is 5.91 Å². The predicted octanol–water partition coefficient (Wildman–Crippen LogP) is 3.92. The lowest BCUT2D eigenvalue weighted by Gasteiger charge is -2.08. The van der Waals surface area contributed by atoms with Gasteiger partial charge in [-0.15, -0.1) is 0 Å². The van der Waals surface area contributed by atoms with E-state index in [9.17, 15) is 4.79 Å². The highest BCUT2D eigenvalue weighted by Crippen LogP contribution is 2.20. The molecule has 1 amide bonds. The highest BCUT2D eigenvalue weighted by atomic mass is 79.9. The summed E-state index contributed by atoms with van der Waals surface area (Å²) >= 11 is 3.47. The second kappa shape index (κ2) is 8.71. The van der Waals surface area contributed by atoms with Crippen molar-refractivity contribution in [3.05, 3.63) is 64.1 Å². The Hall–Kier alpha value is -1.65. The Morgan fingerprint density at radius 3 is 2.59 bits per heavy atom. The van der Waals surface area contributed by atoms with Crippen LogP contribution in [0.25, 0.3) is 0 Å². The van der Waals surface area contributed by atoms with Crippen molar-refractivity contribution >= 4 is 27.5 Å². The lowest BCUT2D eigenvalue weighted by Crippen LogP contribution is -2.23. The van der Waals surface area contributed by atoms with Crippen LogP contribution >= 0.6 is 15.9 Å². The number of benzene rings is 2. The molecule has 0 aliphatic heterocycles. The number of anilines is 1. The first-order chi connectivity index (χ1) is 10.6. The van der Waals surface area contributed by atoms with Crippen molar-refractivity contribution in [2.45, 2.75) is 19.8 Å². The fourth-order valence-corrected chi connectivity index (χ4v) is 2.48. The first-order valence-electron chi connectivity index (χ1n) is 7.46. The van der Waals surface area contributed by atoms with Gasteiger partial charge in [0.25, 0.3) is 0 Å². The first-order valence-corrected chi connectivity index (χ1v) is 8.25. The van der Waals surface area contributed by atoms with E-state index in [1.54, 1.807) is 0 Å². The number of hydrogen-bond donors (Lipinski definition) is 2. The molecule has 2 rings (SSSR count). The Morgan fingerprint density at radius 1 is 1.09 bits per heavy atom. The van der Waals surface area contributed by atoms with Gasteiger partial charge in [0.1, 0.15) is 0 Å². The number of carbonyl (C=O) groups is 1. The Bertz CT molecular complexity index is 614. The van der Waals surface area contributed by atoms with E-state index in [2.05, 4.69) is 38.7 Å². The molecule has 116 valence electrons. The average Bonchev–Trinajstić information content (AvgIpc) is 2.52. The van der Waals surface area contributed by atoms with Crippen LogP contribution in [0.4, 0.5) is 5.69 Å². The smallest absolute Gasteiger partial charge is 0.225 e. The maximum atomic E-state index is 11.9. The molecule has 0 fully saturated rings. The predicted molar refractivity (Wildman–Crippen MR) is 95.1 cm³/mol. The molecule has 0 saturated heterocycles. The van der Waals surface area contributed by atoms with Gasteiger partial charge in [-0.1, -0.05) is 52.3 Å². The average molecular weight is 361 g/mol. The van der Waals surface area contributed by atoms with Crippen molar-refractivity contribution in [1.29, 1.82) is 0 Å². The van der Waals surface area contributed by atoms with Crippen molar-refractivity contribution in [3.63, 3.8) is 0 Å². The molecule has 2 aromatic carbocycles. The lowest BCUT2D eigenvalue weighted by molar-refractivity contribution is -0.116. The van der Waals surface area contributed by atoms with Gasteiger partial charge in [0.15, 0.2) is 0 Å². The highest BCUT2D eigenvalue weighted by molar-refractivity contribution is 9.10. The fraction of sp³-hybridized carbons (Fsp3) is 0.278. The molecule has 0 aliphatic carbocycles. The fourth-order valence-electron chi connectivity index (χ4n) is 2.10. The third-order valence-electron chi connectivity index (χ3n) is 3.42. The van der Waals surface area contributed by atoms with E-state index in [0.29, 0.717) is 13.0 Å². The van der Waals surface area contributed by atoms with Crippen LogP contribution in [-0.4, -0.2) is 19.0 Å². The molecule has 2 aromatic rings. The van der Waals surface area contributed by atoms with Crippen molar-refractivity contribution in [1.82, 2.24) is 5.32 Å². The van der Waals surface area contributed by atoms with E-state index >= 15 is 0 Å². The molecule has 0 heterocycles. The van der Waals surface area contributed by atoms with Crippen molar-refractivity contribution in [2.24, 2.45) is 0 Å². The van der Waals surface area contributed by atoms with Crippen LogP contribution in [0.3, 0.4) is 0 Å². The van der Waals surface area contributed by atoms with E-state index in [1.165, 1.54) is 5.56 Å². The van der Waals surface area contributed by atoms with Gasteiger partial charge < -0.3 is 10.6 Å². The van der Waals surface area contributed by atoms with Crippen LogP contribution in [0.15, 0.2) is 53.0 Å². The number of hydrogen-bond acceptors (Lipinski definition) is 2. The number of carbonyl (C=O) groups excluding carboxylic acids is 1. The Morgan fingerprint density at radius 2 is 1.86 bits per heavy atom. The summed E-state index contributed by atoms with van der Waals surface area (Å²) < 4.78 is 1.01. The Kier molecular flexibility index (Phi) is 6.62.